The quantitative estimate of drug-likeness (QED) is 0.114. The van der Waals surface area contributed by atoms with Gasteiger partial charge in [0.2, 0.25) is 0 Å². The molecule has 0 heterocycles. The number of hydrogen-bond donors (Lipinski definition) is 3. The SMILES string of the molecule is COCCCN(C[C@]1(O)CC[C@H]2c3ccc(cc3C(=O)c3ccc(-c4ccccc4)cc3)C[C@@H](O)CCC(C)=CCC[C@@]21C)C(=O)NC(C)C. The first-order valence-electron chi connectivity index (χ1n) is 18.4. The van der Waals surface area contributed by atoms with Crippen molar-refractivity contribution in [1.29, 1.82) is 0 Å². The van der Waals surface area contributed by atoms with Gasteiger partial charge in [0.25, 0.3) is 0 Å². The van der Waals surface area contributed by atoms with E-state index in [9.17, 15) is 19.8 Å². The highest BCUT2D eigenvalue weighted by molar-refractivity contribution is 6.10. The highest BCUT2D eigenvalue weighted by Crippen LogP contribution is 2.59. The van der Waals surface area contributed by atoms with Crippen molar-refractivity contribution in [3.05, 3.63) is 107 Å². The first kappa shape index (κ1) is 37.5. The monoisotopic (exact) mass is 680 g/mol. The molecule has 3 N–H and O–H groups in total. The van der Waals surface area contributed by atoms with E-state index in [0.29, 0.717) is 62.8 Å². The number of ketones is 1. The van der Waals surface area contributed by atoms with Crippen molar-refractivity contribution >= 4 is 11.8 Å². The van der Waals surface area contributed by atoms with E-state index in [-0.39, 0.29) is 30.3 Å². The van der Waals surface area contributed by atoms with Crippen LogP contribution in [-0.4, -0.2) is 71.5 Å². The molecule has 2 bridgehead atoms. The van der Waals surface area contributed by atoms with Crippen LogP contribution in [0.5, 0.6) is 0 Å². The second kappa shape index (κ2) is 16.5. The number of rotatable bonds is 10. The van der Waals surface area contributed by atoms with E-state index in [1.807, 2.05) is 68.4 Å². The molecular formula is C43H56N2O5. The molecule has 7 nitrogen and oxygen atoms in total. The van der Waals surface area contributed by atoms with Crippen molar-refractivity contribution in [1.82, 2.24) is 10.2 Å². The van der Waals surface area contributed by atoms with E-state index < -0.39 is 17.1 Å². The molecule has 4 atom stereocenters. The van der Waals surface area contributed by atoms with Crippen molar-refractivity contribution in [3.63, 3.8) is 0 Å². The van der Waals surface area contributed by atoms with Crippen LogP contribution in [0.3, 0.4) is 0 Å². The van der Waals surface area contributed by atoms with Crippen LogP contribution in [0.4, 0.5) is 4.79 Å². The van der Waals surface area contributed by atoms with Gasteiger partial charge in [-0.3, -0.25) is 4.79 Å². The fraction of sp³-hybridized carbons (Fsp3) is 0.488. The third kappa shape index (κ3) is 8.56. The van der Waals surface area contributed by atoms with E-state index in [2.05, 4.69) is 43.4 Å². The van der Waals surface area contributed by atoms with Crippen LogP contribution in [0.1, 0.15) is 106 Å². The average molecular weight is 681 g/mol. The summed E-state index contributed by atoms with van der Waals surface area (Å²) in [6, 6.07) is 23.8. The van der Waals surface area contributed by atoms with Crippen LogP contribution in [-0.2, 0) is 11.2 Å². The summed E-state index contributed by atoms with van der Waals surface area (Å²) in [6.45, 7) is 9.33. The number of fused-ring (bicyclic) bond motifs is 8. The Bertz CT molecular complexity index is 1630. The minimum absolute atomic E-state index is 0.0381. The number of benzene rings is 3. The van der Waals surface area contributed by atoms with Gasteiger partial charge >= 0.3 is 6.03 Å². The Hall–Kier alpha value is -3.78. The molecule has 0 saturated heterocycles. The lowest BCUT2D eigenvalue weighted by molar-refractivity contribution is -0.0775. The van der Waals surface area contributed by atoms with Crippen LogP contribution < -0.4 is 5.32 Å². The number of urea groups is 1. The first-order chi connectivity index (χ1) is 23.9. The number of amides is 2. The number of carbonyl (C=O) groups is 2. The van der Waals surface area contributed by atoms with E-state index in [4.69, 9.17) is 4.74 Å². The van der Waals surface area contributed by atoms with Gasteiger partial charge in [-0.2, -0.15) is 0 Å². The van der Waals surface area contributed by atoms with E-state index in [0.717, 1.165) is 35.1 Å². The molecule has 268 valence electrons. The van der Waals surface area contributed by atoms with Crippen molar-refractivity contribution in [3.8, 4) is 11.1 Å². The Kier molecular flexibility index (Phi) is 12.4. The van der Waals surface area contributed by atoms with Gasteiger partial charge in [-0.25, -0.2) is 4.79 Å². The number of carbonyl (C=O) groups excluding carboxylic acids is 2. The van der Waals surface area contributed by atoms with Gasteiger partial charge < -0.3 is 25.2 Å². The van der Waals surface area contributed by atoms with Gasteiger partial charge in [-0.1, -0.05) is 85.3 Å². The fourth-order valence-electron chi connectivity index (χ4n) is 8.10. The van der Waals surface area contributed by atoms with Crippen molar-refractivity contribution in [2.75, 3.05) is 26.8 Å². The second-order valence-corrected chi connectivity index (χ2v) is 15.1. The second-order valence-electron chi connectivity index (χ2n) is 15.1. The zero-order chi connectivity index (χ0) is 35.9. The summed E-state index contributed by atoms with van der Waals surface area (Å²) in [6.07, 6.45) is 6.91. The van der Waals surface area contributed by atoms with E-state index in [1.54, 1.807) is 12.0 Å². The molecular weight excluding hydrogens is 624 g/mol. The predicted molar refractivity (Wildman–Crippen MR) is 200 cm³/mol. The molecule has 3 aliphatic carbocycles. The minimum Gasteiger partial charge on any atom is -0.393 e. The standard InChI is InChI=1S/C43H56N2O5/c1-30(2)44-41(48)45(25-10-26-50-5)29-43(49)24-22-39-37-21-15-32(27-36(46)20-14-31(3)11-9-23-42(39,43)4)28-38(37)40(47)35-18-16-34(17-19-35)33-12-7-6-8-13-33/h6-8,11-13,15-19,21,28,30,36,39,46,49H,9-10,14,20,22-27,29H2,1-5H3,(H,44,48)/t36-,39-,42-,43+/m0/s1. The van der Waals surface area contributed by atoms with Crippen LogP contribution in [0.25, 0.3) is 11.1 Å². The van der Waals surface area contributed by atoms with Gasteiger partial charge in [-0.05, 0) is 106 Å². The van der Waals surface area contributed by atoms with Crippen LogP contribution >= 0.6 is 0 Å². The molecule has 0 spiro atoms. The Labute approximate surface area is 298 Å². The summed E-state index contributed by atoms with van der Waals surface area (Å²) in [7, 11) is 1.65. The zero-order valence-electron chi connectivity index (χ0n) is 30.6. The Morgan fingerprint density at radius 3 is 2.42 bits per heavy atom. The van der Waals surface area contributed by atoms with Crippen LogP contribution in [0.2, 0.25) is 0 Å². The number of aliphatic hydroxyl groups excluding tert-OH is 1. The van der Waals surface area contributed by atoms with Gasteiger partial charge in [0.05, 0.1) is 18.2 Å². The third-order valence-corrected chi connectivity index (χ3v) is 11.1. The third-order valence-electron chi connectivity index (χ3n) is 11.1. The molecule has 6 rings (SSSR count). The molecule has 2 amide bonds. The summed E-state index contributed by atoms with van der Waals surface area (Å²) in [5, 5.41) is 26.8. The number of hydrogen-bond acceptors (Lipinski definition) is 5. The molecule has 0 radical (unpaired) electrons. The molecule has 0 aromatic heterocycles. The maximum Gasteiger partial charge on any atom is 0.317 e. The number of methoxy groups -OCH3 is 1. The number of aliphatic hydroxyl groups is 2. The highest BCUT2D eigenvalue weighted by Gasteiger charge is 2.57. The average Bonchev–Trinajstić information content (AvgIpc) is 3.35. The number of nitrogens with one attached hydrogen (secondary N) is 1. The zero-order valence-corrected chi connectivity index (χ0v) is 30.6. The number of ether oxygens (including phenoxy) is 1. The first-order valence-corrected chi connectivity index (χ1v) is 18.4. The van der Waals surface area contributed by atoms with Crippen LogP contribution in [0, 0.1) is 5.41 Å². The maximum atomic E-state index is 14.5. The summed E-state index contributed by atoms with van der Waals surface area (Å²) >= 11 is 0. The Morgan fingerprint density at radius 2 is 1.72 bits per heavy atom. The van der Waals surface area contributed by atoms with E-state index >= 15 is 0 Å². The molecule has 3 aromatic rings. The lowest BCUT2D eigenvalue weighted by Gasteiger charge is -2.46. The summed E-state index contributed by atoms with van der Waals surface area (Å²) in [5.74, 6) is -0.186. The largest absolute Gasteiger partial charge is 0.393 e. The minimum atomic E-state index is -1.19. The maximum absolute atomic E-state index is 14.5. The lowest BCUT2D eigenvalue weighted by atomic mass is 9.64. The number of allylic oxidation sites excluding steroid dienone is 2. The molecule has 3 aromatic carbocycles. The Morgan fingerprint density at radius 1 is 1.00 bits per heavy atom. The van der Waals surface area contributed by atoms with Crippen molar-refractivity contribution in [2.24, 2.45) is 5.41 Å². The molecule has 50 heavy (non-hydrogen) atoms. The topological polar surface area (TPSA) is 99.1 Å². The highest BCUT2D eigenvalue weighted by atomic mass is 16.5. The van der Waals surface area contributed by atoms with E-state index in [1.165, 1.54) is 5.57 Å². The normalized spacial score (nSPS) is 24.0. The van der Waals surface area contributed by atoms with Gasteiger partial charge in [0, 0.05) is 42.8 Å². The lowest BCUT2D eigenvalue weighted by Crippen LogP contribution is -2.56. The van der Waals surface area contributed by atoms with Crippen molar-refractivity contribution < 1.29 is 24.5 Å². The van der Waals surface area contributed by atoms with Crippen LogP contribution in [0.15, 0.2) is 84.4 Å². The molecule has 0 unspecified atom stereocenters. The molecule has 1 fully saturated rings. The smallest absolute Gasteiger partial charge is 0.317 e. The predicted octanol–water partition coefficient (Wildman–Crippen LogP) is 8.08. The van der Waals surface area contributed by atoms with Gasteiger partial charge in [0.15, 0.2) is 5.78 Å². The summed E-state index contributed by atoms with van der Waals surface area (Å²) < 4.78 is 5.31. The molecule has 0 aliphatic heterocycles. The summed E-state index contributed by atoms with van der Waals surface area (Å²) in [5.41, 5.74) is 4.61. The number of nitrogens with zero attached hydrogens (tertiary/aromatic N) is 1. The molecule has 7 heteroatoms. The Balaban J connectivity index is 1.56. The van der Waals surface area contributed by atoms with Crippen molar-refractivity contribution in [2.45, 2.75) is 103 Å². The molecule has 1 saturated carbocycles. The molecule has 3 aliphatic rings. The fourth-order valence-corrected chi connectivity index (χ4v) is 8.10. The van der Waals surface area contributed by atoms with Gasteiger partial charge in [0.1, 0.15) is 0 Å². The van der Waals surface area contributed by atoms with Gasteiger partial charge in [-0.15, -0.1) is 0 Å². The summed E-state index contributed by atoms with van der Waals surface area (Å²) in [4.78, 5) is 29.8.